The third-order valence-corrected chi connectivity index (χ3v) is 12.3. The van der Waals surface area contributed by atoms with Crippen molar-refractivity contribution in [3.8, 4) is 5.75 Å². The molecule has 10 atom stereocenters. The van der Waals surface area contributed by atoms with Gasteiger partial charge in [0.2, 0.25) is 23.6 Å². The highest BCUT2D eigenvalue weighted by molar-refractivity contribution is 5.95. The molecule has 17 heteroatoms. The third-order valence-electron chi connectivity index (χ3n) is 12.3. The predicted molar refractivity (Wildman–Crippen MR) is 241 cm³/mol. The average molecular weight is 901 g/mol. The molecule has 1 aromatic rings. The first-order valence-corrected chi connectivity index (χ1v) is 22.9. The van der Waals surface area contributed by atoms with Crippen molar-refractivity contribution in [3.05, 3.63) is 29.8 Å². The number of methoxy groups -OCH3 is 1. The van der Waals surface area contributed by atoms with Crippen molar-refractivity contribution in [2.24, 2.45) is 23.7 Å². The van der Waals surface area contributed by atoms with Gasteiger partial charge in [-0.25, -0.2) is 4.79 Å². The maximum atomic E-state index is 14.6. The molecular weight excluding hydrogens is 825 g/mol. The van der Waals surface area contributed by atoms with Gasteiger partial charge in [0.25, 0.3) is 5.91 Å². The van der Waals surface area contributed by atoms with Crippen molar-refractivity contribution < 1.29 is 52.9 Å². The smallest absolute Gasteiger partial charge is 0.329 e. The Morgan fingerprint density at radius 1 is 0.938 bits per heavy atom. The highest BCUT2D eigenvalue weighted by atomic mass is 16.6. The molecule has 2 aliphatic heterocycles. The van der Waals surface area contributed by atoms with Crippen molar-refractivity contribution >= 4 is 41.5 Å². The summed E-state index contributed by atoms with van der Waals surface area (Å²) < 4.78 is 17.1. The van der Waals surface area contributed by atoms with Crippen LogP contribution in [0, 0.1) is 23.7 Å². The van der Waals surface area contributed by atoms with Gasteiger partial charge in [-0.3, -0.25) is 33.7 Å². The largest absolute Gasteiger partial charge is 0.497 e. The number of likely N-dealkylation sites (N-methyl/N-ethyl adjacent to an activating group) is 2. The van der Waals surface area contributed by atoms with Crippen LogP contribution in [0.5, 0.6) is 5.75 Å². The topological polar surface area (TPSA) is 213 Å². The molecule has 17 nitrogen and oxygen atoms in total. The first-order valence-electron chi connectivity index (χ1n) is 22.9. The van der Waals surface area contributed by atoms with Crippen molar-refractivity contribution in [2.45, 2.75) is 162 Å². The van der Waals surface area contributed by atoms with E-state index in [4.69, 9.17) is 14.2 Å². The molecular formula is C47H76N6O11. The number of amides is 5. The summed E-state index contributed by atoms with van der Waals surface area (Å²) in [6.45, 7) is 16.4. The minimum atomic E-state index is -1.50. The molecule has 0 bridgehead atoms. The zero-order valence-electron chi connectivity index (χ0n) is 40.3. The van der Waals surface area contributed by atoms with Crippen molar-refractivity contribution in [3.63, 3.8) is 0 Å². The van der Waals surface area contributed by atoms with E-state index >= 15 is 0 Å². The Morgan fingerprint density at radius 3 is 2.12 bits per heavy atom. The Hall–Kier alpha value is -4.77. The van der Waals surface area contributed by atoms with Crippen LogP contribution in [-0.2, 0) is 49.5 Å². The number of aliphatic hydroxyl groups is 1. The second-order valence-corrected chi connectivity index (χ2v) is 19.0. The molecule has 64 heavy (non-hydrogen) atoms. The lowest BCUT2D eigenvalue weighted by Gasteiger charge is -2.35. The van der Waals surface area contributed by atoms with Crippen LogP contribution in [-0.4, -0.2) is 151 Å². The molecule has 0 unspecified atom stereocenters. The molecule has 2 aliphatic rings. The first kappa shape index (κ1) is 53.6. The van der Waals surface area contributed by atoms with E-state index in [1.165, 1.54) is 30.9 Å². The molecule has 0 spiro atoms. The van der Waals surface area contributed by atoms with E-state index in [0.29, 0.717) is 37.0 Å². The highest BCUT2D eigenvalue weighted by Gasteiger charge is 2.44. The zero-order chi connectivity index (χ0) is 48.2. The van der Waals surface area contributed by atoms with E-state index < -0.39 is 114 Å². The number of carbonyl (C=O) groups excluding carboxylic acids is 7. The van der Waals surface area contributed by atoms with E-state index in [1.807, 2.05) is 34.6 Å². The quantitative estimate of drug-likeness (QED) is 0.211. The van der Waals surface area contributed by atoms with Gasteiger partial charge in [0.15, 0.2) is 6.10 Å². The van der Waals surface area contributed by atoms with Gasteiger partial charge in [0.1, 0.15) is 36.0 Å². The fourth-order valence-corrected chi connectivity index (χ4v) is 8.27. The number of carbonyl (C=O) groups is 7. The standard InChI is InChI=1S/C47H76N6O11/c1-14-29(8)39-37(54)25-38(55)64-41(28(6)7)44(58)48-33(22-26(2)3)45(59)53-21-15-16-34(53)46(60)52(12)36(24-31-17-19-32(62-13)20-18-31)47(61)63-30(9)40(43(57)49-39)50-42(56)35(51(10)11)23-27(4)5/h17-20,26-30,33-37,39-41,54H,14-16,21-25H2,1-13H3,(H,48,58)(H,49,57)(H,50,56)/t29-,30+,33-,34-,35+,36-,37-,39+,40-,41-/m0/s1. The number of cyclic esters (lactones) is 2. The number of ether oxygens (including phenoxy) is 3. The molecule has 0 aromatic heterocycles. The Labute approximate surface area is 380 Å². The fraction of sp³-hybridized carbons (Fsp3) is 0.723. The number of nitrogens with zero attached hydrogens (tertiary/aromatic N) is 3. The molecule has 360 valence electrons. The Bertz CT molecular complexity index is 1750. The number of rotatable bonds is 13. The summed E-state index contributed by atoms with van der Waals surface area (Å²) in [6.07, 6.45) is -2.87. The second-order valence-electron chi connectivity index (χ2n) is 19.0. The molecule has 0 aliphatic carbocycles. The first-order chi connectivity index (χ1) is 30.0. The molecule has 2 saturated heterocycles. The summed E-state index contributed by atoms with van der Waals surface area (Å²) in [7, 11) is 6.48. The third kappa shape index (κ3) is 14.6. The van der Waals surface area contributed by atoms with E-state index in [2.05, 4.69) is 16.0 Å². The van der Waals surface area contributed by atoms with Gasteiger partial charge in [0.05, 0.1) is 31.7 Å². The van der Waals surface area contributed by atoms with E-state index in [1.54, 1.807) is 64.0 Å². The predicted octanol–water partition coefficient (Wildman–Crippen LogP) is 2.84. The maximum Gasteiger partial charge on any atom is 0.329 e. The van der Waals surface area contributed by atoms with Crippen molar-refractivity contribution in [2.75, 3.05) is 34.8 Å². The molecule has 2 heterocycles. The van der Waals surface area contributed by atoms with E-state index in [0.717, 1.165) is 0 Å². The molecule has 5 amide bonds. The summed E-state index contributed by atoms with van der Waals surface area (Å²) in [5, 5.41) is 20.1. The van der Waals surface area contributed by atoms with Gasteiger partial charge in [-0.1, -0.05) is 73.9 Å². The van der Waals surface area contributed by atoms with Crippen LogP contribution in [0.4, 0.5) is 0 Å². The molecule has 4 N–H and O–H groups in total. The van der Waals surface area contributed by atoms with Gasteiger partial charge in [-0.05, 0) is 88.1 Å². The summed E-state index contributed by atoms with van der Waals surface area (Å²) >= 11 is 0. The van der Waals surface area contributed by atoms with Gasteiger partial charge >= 0.3 is 11.9 Å². The maximum absolute atomic E-state index is 14.6. The number of benzene rings is 1. The summed E-state index contributed by atoms with van der Waals surface area (Å²) in [5.74, 6) is -5.12. The van der Waals surface area contributed by atoms with Crippen LogP contribution in [0.25, 0.3) is 0 Å². The van der Waals surface area contributed by atoms with Crippen LogP contribution in [0.3, 0.4) is 0 Å². The molecule has 0 saturated carbocycles. The Balaban J connectivity index is 2.23. The van der Waals surface area contributed by atoms with Gasteiger partial charge in [-0.2, -0.15) is 0 Å². The summed E-state index contributed by atoms with van der Waals surface area (Å²) in [6, 6.07) is 0.412. The Morgan fingerprint density at radius 2 is 1.58 bits per heavy atom. The lowest BCUT2D eigenvalue weighted by atomic mass is 9.92. The van der Waals surface area contributed by atoms with Gasteiger partial charge in [0, 0.05) is 20.0 Å². The number of hydrogen-bond donors (Lipinski definition) is 4. The minimum absolute atomic E-state index is 0.0162. The normalized spacial score (nSPS) is 27.1. The number of nitrogens with one attached hydrogen (secondary N) is 3. The molecule has 2 fully saturated rings. The minimum Gasteiger partial charge on any atom is -0.497 e. The van der Waals surface area contributed by atoms with Crippen LogP contribution in [0.2, 0.25) is 0 Å². The van der Waals surface area contributed by atoms with Crippen LogP contribution >= 0.6 is 0 Å². The second kappa shape index (κ2) is 24.5. The zero-order valence-corrected chi connectivity index (χ0v) is 40.3. The van der Waals surface area contributed by atoms with Crippen molar-refractivity contribution in [1.82, 2.24) is 30.7 Å². The number of hydrogen-bond acceptors (Lipinski definition) is 12. The van der Waals surface area contributed by atoms with Crippen LogP contribution in [0.1, 0.15) is 106 Å². The molecule has 3 rings (SSSR count). The molecule has 1 aromatic carbocycles. The highest BCUT2D eigenvalue weighted by Crippen LogP contribution is 2.26. The van der Waals surface area contributed by atoms with Crippen molar-refractivity contribution in [1.29, 1.82) is 0 Å². The Kier molecular flexibility index (Phi) is 20.5. The average Bonchev–Trinajstić information content (AvgIpc) is 3.72. The monoisotopic (exact) mass is 901 g/mol. The van der Waals surface area contributed by atoms with Gasteiger partial charge in [-0.15, -0.1) is 0 Å². The summed E-state index contributed by atoms with van der Waals surface area (Å²) in [5.41, 5.74) is 0.659. The summed E-state index contributed by atoms with van der Waals surface area (Å²) in [4.78, 5) is 104. The lowest BCUT2D eigenvalue weighted by molar-refractivity contribution is -0.162. The van der Waals surface area contributed by atoms with Crippen LogP contribution < -0.4 is 20.7 Å². The van der Waals surface area contributed by atoms with E-state index in [-0.39, 0.29) is 31.2 Å². The van der Waals surface area contributed by atoms with Crippen LogP contribution in [0.15, 0.2) is 24.3 Å². The molecule has 0 radical (unpaired) electrons. The SMILES string of the molecule is CC[C@H](C)[C@H]1NC(=O)[C@@H](NC(=O)[C@@H](CC(C)C)N(C)C)[C@@H](C)OC(=O)[C@H](Cc2ccc(OC)cc2)N(C)C(=O)[C@@H]2CCCN2C(=O)[C@H](CC(C)C)NC(=O)[C@H](C(C)C)OC(=O)C[C@@H]1O. The van der Waals surface area contributed by atoms with Gasteiger partial charge < -0.3 is 45.1 Å². The number of esters is 2. The lowest BCUT2D eigenvalue weighted by Crippen LogP contribution is -2.61. The number of aliphatic hydroxyl groups excluding tert-OH is 1. The van der Waals surface area contributed by atoms with E-state index in [9.17, 15) is 38.7 Å². The fourth-order valence-electron chi connectivity index (χ4n) is 8.27. The number of fused-ring (bicyclic) bond motifs is 1.